The number of nitrogens with zero attached hydrogens (tertiary/aromatic N) is 3. The van der Waals surface area contributed by atoms with Gasteiger partial charge in [0.05, 0.1) is 42.4 Å². The predicted octanol–water partition coefficient (Wildman–Crippen LogP) is 2.91. The van der Waals surface area contributed by atoms with E-state index in [1.54, 1.807) is 39.5 Å². The highest BCUT2D eigenvalue weighted by Crippen LogP contribution is 2.31. The van der Waals surface area contributed by atoms with Crippen LogP contribution in [-0.2, 0) is 6.54 Å². The molecule has 0 aliphatic heterocycles. The molecule has 0 spiro atoms. The Morgan fingerprint density at radius 2 is 1.90 bits per heavy atom. The van der Waals surface area contributed by atoms with E-state index in [0.29, 0.717) is 42.3 Å². The van der Waals surface area contributed by atoms with E-state index in [9.17, 15) is 25.1 Å². The molecular weight excluding hydrogens is 398 g/mol. The lowest BCUT2D eigenvalue weighted by Crippen LogP contribution is -2.31. The van der Waals surface area contributed by atoms with Gasteiger partial charge in [0, 0.05) is 6.04 Å². The van der Waals surface area contributed by atoms with Crippen LogP contribution in [0.2, 0.25) is 0 Å². The summed E-state index contributed by atoms with van der Waals surface area (Å²) in [6, 6.07) is 12.1. The maximum Gasteiger partial charge on any atom is 0.339 e. The topological polar surface area (TPSA) is 117 Å². The van der Waals surface area contributed by atoms with Crippen molar-refractivity contribution < 1.29 is 19.7 Å². The molecular formula is C23H23N3O5. The first-order valence-corrected chi connectivity index (χ1v) is 10.2. The van der Waals surface area contributed by atoms with E-state index in [-0.39, 0.29) is 35.7 Å². The number of ether oxygens (including phenoxy) is 1. The average molecular weight is 421 g/mol. The zero-order chi connectivity index (χ0) is 22.1. The fraction of sp³-hybridized carbons (Fsp3) is 0.348. The highest BCUT2D eigenvalue weighted by molar-refractivity contribution is 5.91. The molecule has 2 aromatic carbocycles. The molecule has 4 rings (SSSR count). The van der Waals surface area contributed by atoms with Gasteiger partial charge < -0.3 is 14.9 Å². The zero-order valence-corrected chi connectivity index (χ0v) is 17.1. The number of benzene rings is 2. The molecule has 0 atom stereocenters. The maximum atomic E-state index is 13.5. The van der Waals surface area contributed by atoms with Gasteiger partial charge in [-0.05, 0) is 61.6 Å². The number of carboxylic acid groups (broad SMARTS) is 1. The number of rotatable bonds is 5. The maximum absolute atomic E-state index is 13.5. The van der Waals surface area contributed by atoms with Crippen LogP contribution in [0, 0.1) is 11.3 Å². The number of aromatic carboxylic acids is 1. The first-order chi connectivity index (χ1) is 14.9. The lowest BCUT2D eigenvalue weighted by molar-refractivity contribution is 0.0693. The molecule has 1 aromatic heterocycles. The third-order valence-electron chi connectivity index (χ3n) is 5.96. The van der Waals surface area contributed by atoms with Crippen LogP contribution in [-0.4, -0.2) is 38.5 Å². The van der Waals surface area contributed by atoms with Gasteiger partial charge in [-0.2, -0.15) is 5.26 Å². The highest BCUT2D eigenvalue weighted by atomic mass is 16.5. The Hall–Kier alpha value is -3.57. The second kappa shape index (κ2) is 8.28. The minimum Gasteiger partial charge on any atom is -0.496 e. The predicted molar refractivity (Wildman–Crippen MR) is 113 cm³/mol. The Kier molecular flexibility index (Phi) is 5.53. The van der Waals surface area contributed by atoms with E-state index < -0.39 is 5.97 Å². The number of carboxylic acids is 1. The molecule has 1 saturated carbocycles. The molecule has 1 aliphatic carbocycles. The van der Waals surface area contributed by atoms with Crippen LogP contribution in [0.25, 0.3) is 11.0 Å². The number of imidazole rings is 1. The standard InChI is InChI=1S/C23H23N3O5/c1-31-21-9-3-15(10-18(21)22(28)29)13-25-20-11-14(12-24)2-8-19(20)26(23(25)30)16-4-6-17(27)7-5-16/h2-3,8-11,16-17,27H,4-7,13H2,1H3,(H,28,29)/t16-,17-. The number of methoxy groups -OCH3 is 1. The van der Waals surface area contributed by atoms with E-state index in [2.05, 4.69) is 6.07 Å². The van der Waals surface area contributed by atoms with E-state index >= 15 is 0 Å². The number of carbonyl (C=O) groups is 1. The molecule has 0 saturated heterocycles. The van der Waals surface area contributed by atoms with Crippen LogP contribution < -0.4 is 10.4 Å². The SMILES string of the molecule is COc1ccc(Cn2c(=O)n([C@H]3CC[C@H](O)CC3)c3ccc(C#N)cc32)cc1C(=O)O. The number of hydrogen-bond donors (Lipinski definition) is 2. The summed E-state index contributed by atoms with van der Waals surface area (Å²) in [5.74, 6) is -0.862. The van der Waals surface area contributed by atoms with Crippen LogP contribution in [0.3, 0.4) is 0 Å². The van der Waals surface area contributed by atoms with Gasteiger partial charge in [-0.15, -0.1) is 0 Å². The Labute approximate surface area is 178 Å². The molecule has 8 heteroatoms. The lowest BCUT2D eigenvalue weighted by Gasteiger charge is -2.26. The van der Waals surface area contributed by atoms with E-state index in [1.807, 2.05) is 0 Å². The first-order valence-electron chi connectivity index (χ1n) is 10.2. The quantitative estimate of drug-likeness (QED) is 0.654. The summed E-state index contributed by atoms with van der Waals surface area (Å²) >= 11 is 0. The monoisotopic (exact) mass is 421 g/mol. The summed E-state index contributed by atoms with van der Waals surface area (Å²) in [6.07, 6.45) is 2.35. The van der Waals surface area contributed by atoms with Gasteiger partial charge in [0.15, 0.2) is 0 Å². The van der Waals surface area contributed by atoms with Crippen molar-refractivity contribution in [2.24, 2.45) is 0 Å². The number of aliphatic hydroxyl groups excluding tert-OH is 1. The summed E-state index contributed by atoms with van der Waals surface area (Å²) in [7, 11) is 1.41. The highest BCUT2D eigenvalue weighted by Gasteiger charge is 2.26. The van der Waals surface area contributed by atoms with E-state index in [1.165, 1.54) is 13.2 Å². The molecule has 0 amide bonds. The lowest BCUT2D eigenvalue weighted by atomic mass is 9.93. The summed E-state index contributed by atoms with van der Waals surface area (Å²) in [6.45, 7) is 0.164. The third kappa shape index (κ3) is 3.80. The van der Waals surface area contributed by atoms with Gasteiger partial charge in [-0.1, -0.05) is 6.07 Å². The van der Waals surface area contributed by atoms with Crippen molar-refractivity contribution in [1.29, 1.82) is 5.26 Å². The zero-order valence-electron chi connectivity index (χ0n) is 17.1. The van der Waals surface area contributed by atoms with Crippen LogP contribution in [0.1, 0.15) is 53.2 Å². The van der Waals surface area contributed by atoms with Crippen LogP contribution >= 0.6 is 0 Å². The molecule has 0 unspecified atom stereocenters. The number of hydrogen-bond acceptors (Lipinski definition) is 5. The second-order valence-electron chi connectivity index (χ2n) is 7.86. The Balaban J connectivity index is 1.83. The fourth-order valence-corrected chi connectivity index (χ4v) is 4.37. The minimum atomic E-state index is -1.11. The van der Waals surface area contributed by atoms with E-state index in [4.69, 9.17) is 4.74 Å². The summed E-state index contributed by atoms with van der Waals surface area (Å²) < 4.78 is 8.45. The van der Waals surface area contributed by atoms with Crippen LogP contribution in [0.4, 0.5) is 0 Å². The Morgan fingerprint density at radius 3 is 2.55 bits per heavy atom. The van der Waals surface area contributed by atoms with Gasteiger partial charge in [-0.3, -0.25) is 9.13 Å². The molecule has 160 valence electrons. The van der Waals surface area contributed by atoms with Gasteiger partial charge in [0.1, 0.15) is 11.3 Å². The Morgan fingerprint density at radius 1 is 1.16 bits per heavy atom. The average Bonchev–Trinajstić information content (AvgIpc) is 3.05. The molecule has 31 heavy (non-hydrogen) atoms. The summed E-state index contributed by atoms with van der Waals surface area (Å²) in [5.41, 5.74) is 2.26. The number of fused-ring (bicyclic) bond motifs is 1. The normalized spacial score (nSPS) is 18.6. The number of aliphatic hydroxyl groups is 1. The summed E-state index contributed by atoms with van der Waals surface area (Å²) in [5, 5.41) is 28.7. The number of nitriles is 1. The van der Waals surface area contributed by atoms with Crippen molar-refractivity contribution in [3.8, 4) is 11.8 Å². The molecule has 1 aliphatic rings. The molecule has 1 fully saturated rings. The molecule has 0 bridgehead atoms. The van der Waals surface area contributed by atoms with Gasteiger partial charge >= 0.3 is 11.7 Å². The van der Waals surface area contributed by atoms with E-state index in [0.717, 1.165) is 5.52 Å². The fourth-order valence-electron chi connectivity index (χ4n) is 4.37. The van der Waals surface area contributed by atoms with Crippen LogP contribution in [0.15, 0.2) is 41.2 Å². The molecule has 3 aromatic rings. The van der Waals surface area contributed by atoms with Gasteiger partial charge in [-0.25, -0.2) is 9.59 Å². The minimum absolute atomic E-state index is 0.0239. The number of aromatic nitrogens is 2. The van der Waals surface area contributed by atoms with Crippen molar-refractivity contribution >= 4 is 17.0 Å². The largest absolute Gasteiger partial charge is 0.496 e. The van der Waals surface area contributed by atoms with Crippen molar-refractivity contribution in [3.63, 3.8) is 0 Å². The molecule has 2 N–H and O–H groups in total. The van der Waals surface area contributed by atoms with Crippen molar-refractivity contribution in [3.05, 3.63) is 63.6 Å². The summed E-state index contributed by atoms with van der Waals surface area (Å²) in [4.78, 5) is 25.0. The van der Waals surface area contributed by atoms with Crippen molar-refractivity contribution in [2.45, 2.75) is 44.4 Å². The van der Waals surface area contributed by atoms with Crippen molar-refractivity contribution in [2.75, 3.05) is 7.11 Å². The van der Waals surface area contributed by atoms with Gasteiger partial charge in [0.2, 0.25) is 0 Å². The Bertz CT molecular complexity index is 1240. The molecule has 8 nitrogen and oxygen atoms in total. The molecule has 1 heterocycles. The first kappa shape index (κ1) is 20.7. The molecule has 0 radical (unpaired) electrons. The van der Waals surface area contributed by atoms with Crippen molar-refractivity contribution in [1.82, 2.24) is 9.13 Å². The smallest absolute Gasteiger partial charge is 0.339 e. The van der Waals surface area contributed by atoms with Gasteiger partial charge in [0.25, 0.3) is 0 Å². The second-order valence-corrected chi connectivity index (χ2v) is 7.86. The van der Waals surface area contributed by atoms with Crippen LogP contribution in [0.5, 0.6) is 5.75 Å². The third-order valence-corrected chi connectivity index (χ3v) is 5.96.